The van der Waals surface area contributed by atoms with Crippen LogP contribution in [-0.4, -0.2) is 5.97 Å². The highest BCUT2D eigenvalue weighted by molar-refractivity contribution is 9.10. The first-order valence-electron chi connectivity index (χ1n) is 5.45. The van der Waals surface area contributed by atoms with E-state index in [1.807, 2.05) is 24.3 Å². The Morgan fingerprint density at radius 2 is 1.67 bits per heavy atom. The summed E-state index contributed by atoms with van der Waals surface area (Å²) in [6, 6.07) is 14.5. The smallest absolute Gasteiger partial charge is 0.0715 e. The van der Waals surface area contributed by atoms with Gasteiger partial charge in [0.2, 0.25) is 0 Å². The third kappa shape index (κ3) is 3.34. The van der Waals surface area contributed by atoms with Gasteiger partial charge in [0.1, 0.15) is 0 Å². The highest BCUT2D eigenvalue weighted by Gasteiger charge is 1.96. The lowest BCUT2D eigenvalue weighted by atomic mass is 10.2. The summed E-state index contributed by atoms with van der Waals surface area (Å²) in [5.74, 6) is -1.16. The number of benzene rings is 2. The van der Waals surface area contributed by atoms with E-state index in [9.17, 15) is 9.90 Å². The summed E-state index contributed by atoms with van der Waals surface area (Å²) < 4.78 is 1.05. The van der Waals surface area contributed by atoms with Gasteiger partial charge in [-0.2, -0.15) is 0 Å². The lowest BCUT2D eigenvalue weighted by molar-refractivity contribution is -0.255. The number of carboxylic acids is 1. The second kappa shape index (κ2) is 5.69. The maximum Gasteiger partial charge on any atom is 0.0715 e. The first-order valence-corrected chi connectivity index (χ1v) is 6.24. The fourth-order valence-corrected chi connectivity index (χ4v) is 1.79. The van der Waals surface area contributed by atoms with Crippen molar-refractivity contribution in [1.82, 2.24) is 0 Å². The Morgan fingerprint density at radius 1 is 1.06 bits per heavy atom. The molecule has 0 atom stereocenters. The number of halogens is 1. The number of nitrogens with one attached hydrogen (secondary N) is 1. The Morgan fingerprint density at radius 3 is 2.22 bits per heavy atom. The molecule has 0 heterocycles. The molecule has 0 aliphatic rings. The molecule has 0 saturated heterocycles. The molecule has 0 bridgehead atoms. The molecule has 0 aliphatic carbocycles. The predicted molar refractivity (Wildman–Crippen MR) is 72.2 cm³/mol. The maximum atomic E-state index is 10.6. The van der Waals surface area contributed by atoms with Crippen LogP contribution in [0, 0.1) is 0 Å². The summed E-state index contributed by atoms with van der Waals surface area (Å²) in [5, 5.41) is 13.8. The molecule has 0 aliphatic heterocycles. The second-order valence-corrected chi connectivity index (χ2v) is 4.76. The van der Waals surface area contributed by atoms with Gasteiger partial charge in [-0.05, 0) is 35.4 Å². The average molecular weight is 305 g/mol. The number of carbonyl (C=O) groups excluding carboxylic acids is 1. The third-order valence-corrected chi connectivity index (χ3v) is 3.06. The van der Waals surface area contributed by atoms with Gasteiger partial charge in [-0.15, -0.1) is 0 Å². The summed E-state index contributed by atoms with van der Waals surface area (Å²) >= 11 is 3.38. The molecule has 0 spiro atoms. The van der Waals surface area contributed by atoms with E-state index in [-0.39, 0.29) is 5.56 Å². The van der Waals surface area contributed by atoms with Crippen LogP contribution in [0.1, 0.15) is 15.9 Å². The minimum absolute atomic E-state index is 0.184. The minimum Gasteiger partial charge on any atom is -0.545 e. The highest BCUT2D eigenvalue weighted by Crippen LogP contribution is 2.13. The van der Waals surface area contributed by atoms with Gasteiger partial charge in [-0.1, -0.05) is 40.2 Å². The lowest BCUT2D eigenvalue weighted by Gasteiger charge is -2.08. The van der Waals surface area contributed by atoms with Crippen LogP contribution in [0.25, 0.3) is 0 Å². The molecule has 0 radical (unpaired) electrons. The molecule has 4 heteroatoms. The lowest BCUT2D eigenvalue weighted by Crippen LogP contribution is -2.21. The van der Waals surface area contributed by atoms with Gasteiger partial charge < -0.3 is 15.2 Å². The molecule has 2 aromatic carbocycles. The Balaban J connectivity index is 1.97. The predicted octanol–water partition coefficient (Wildman–Crippen LogP) is 2.42. The summed E-state index contributed by atoms with van der Waals surface area (Å²) in [6.45, 7) is 0.692. The Hall–Kier alpha value is -1.81. The van der Waals surface area contributed by atoms with Crippen molar-refractivity contribution in [2.24, 2.45) is 0 Å². The standard InChI is InChI=1S/C14H12BrNO2/c15-12-5-1-10(2-6-12)9-16-13-7-3-11(4-8-13)14(17)18/h1-8,16H,9H2,(H,17,18)/p-1. The molecule has 2 aromatic rings. The minimum atomic E-state index is -1.16. The molecular formula is C14H11BrNO2-. The first-order chi connectivity index (χ1) is 8.65. The number of hydrogen-bond donors (Lipinski definition) is 1. The van der Waals surface area contributed by atoms with E-state index in [1.54, 1.807) is 12.1 Å². The van der Waals surface area contributed by atoms with Crippen LogP contribution in [0.3, 0.4) is 0 Å². The van der Waals surface area contributed by atoms with Crippen molar-refractivity contribution < 1.29 is 9.90 Å². The van der Waals surface area contributed by atoms with E-state index in [1.165, 1.54) is 12.1 Å². The molecule has 18 heavy (non-hydrogen) atoms. The van der Waals surface area contributed by atoms with E-state index < -0.39 is 5.97 Å². The second-order valence-electron chi connectivity index (χ2n) is 3.84. The van der Waals surface area contributed by atoms with Crippen molar-refractivity contribution >= 4 is 27.6 Å². The largest absolute Gasteiger partial charge is 0.545 e. The molecule has 2 rings (SSSR count). The van der Waals surface area contributed by atoms with Gasteiger partial charge in [0.15, 0.2) is 0 Å². The molecular weight excluding hydrogens is 294 g/mol. The normalized spacial score (nSPS) is 10.1. The van der Waals surface area contributed by atoms with Gasteiger partial charge in [-0.25, -0.2) is 0 Å². The highest BCUT2D eigenvalue weighted by atomic mass is 79.9. The summed E-state index contributed by atoms with van der Waals surface area (Å²) in [5.41, 5.74) is 2.22. The van der Waals surface area contributed by atoms with Gasteiger partial charge in [0.25, 0.3) is 0 Å². The molecule has 0 aromatic heterocycles. The van der Waals surface area contributed by atoms with Crippen molar-refractivity contribution in [3.8, 4) is 0 Å². The monoisotopic (exact) mass is 304 g/mol. The van der Waals surface area contributed by atoms with Crippen molar-refractivity contribution in [3.63, 3.8) is 0 Å². The van der Waals surface area contributed by atoms with E-state index >= 15 is 0 Å². The number of carbonyl (C=O) groups is 1. The topological polar surface area (TPSA) is 52.2 Å². The van der Waals surface area contributed by atoms with Crippen molar-refractivity contribution in [3.05, 3.63) is 64.1 Å². The number of aromatic carboxylic acids is 1. The van der Waals surface area contributed by atoms with Crippen LogP contribution < -0.4 is 10.4 Å². The maximum absolute atomic E-state index is 10.6. The number of hydrogen-bond acceptors (Lipinski definition) is 3. The van der Waals surface area contributed by atoms with Crippen LogP contribution >= 0.6 is 15.9 Å². The Bertz CT molecular complexity index is 535. The molecule has 1 N–H and O–H groups in total. The van der Waals surface area contributed by atoms with Crippen molar-refractivity contribution in [2.75, 3.05) is 5.32 Å². The number of rotatable bonds is 4. The van der Waals surface area contributed by atoms with Crippen molar-refractivity contribution in [2.45, 2.75) is 6.54 Å². The van der Waals surface area contributed by atoms with E-state index in [0.717, 1.165) is 15.7 Å². The number of anilines is 1. The molecule has 0 fully saturated rings. The fourth-order valence-electron chi connectivity index (χ4n) is 1.53. The zero-order valence-electron chi connectivity index (χ0n) is 9.52. The molecule has 0 unspecified atom stereocenters. The summed E-state index contributed by atoms with van der Waals surface area (Å²) in [6.07, 6.45) is 0. The quantitative estimate of drug-likeness (QED) is 0.944. The van der Waals surface area contributed by atoms with Crippen LogP contribution in [0.15, 0.2) is 53.0 Å². The van der Waals surface area contributed by atoms with Crippen LogP contribution in [0.5, 0.6) is 0 Å². The average Bonchev–Trinajstić information content (AvgIpc) is 2.38. The molecule has 3 nitrogen and oxygen atoms in total. The van der Waals surface area contributed by atoms with Crippen LogP contribution in [0.4, 0.5) is 5.69 Å². The van der Waals surface area contributed by atoms with Crippen LogP contribution in [0.2, 0.25) is 0 Å². The zero-order valence-corrected chi connectivity index (χ0v) is 11.1. The van der Waals surface area contributed by atoms with Gasteiger partial charge in [0.05, 0.1) is 5.97 Å². The van der Waals surface area contributed by atoms with Gasteiger partial charge in [0, 0.05) is 16.7 Å². The van der Waals surface area contributed by atoms with Crippen LogP contribution in [-0.2, 0) is 6.54 Å². The Kier molecular flexibility index (Phi) is 3.99. The zero-order chi connectivity index (χ0) is 13.0. The van der Waals surface area contributed by atoms with E-state index in [0.29, 0.717) is 6.54 Å². The fraction of sp³-hybridized carbons (Fsp3) is 0.0714. The number of carboxylic acid groups (broad SMARTS) is 1. The van der Waals surface area contributed by atoms with Crippen molar-refractivity contribution in [1.29, 1.82) is 0 Å². The molecule has 92 valence electrons. The Labute approximate surface area is 114 Å². The molecule has 0 saturated carbocycles. The summed E-state index contributed by atoms with van der Waals surface area (Å²) in [7, 11) is 0. The molecule has 0 amide bonds. The van der Waals surface area contributed by atoms with E-state index in [4.69, 9.17) is 0 Å². The SMILES string of the molecule is O=C([O-])c1ccc(NCc2ccc(Br)cc2)cc1. The third-order valence-electron chi connectivity index (χ3n) is 2.53. The van der Waals surface area contributed by atoms with Gasteiger partial charge >= 0.3 is 0 Å². The van der Waals surface area contributed by atoms with Gasteiger partial charge in [-0.3, -0.25) is 0 Å². The first kappa shape index (κ1) is 12.6. The summed E-state index contributed by atoms with van der Waals surface area (Å²) in [4.78, 5) is 10.6. The van der Waals surface area contributed by atoms with E-state index in [2.05, 4.69) is 21.2 Å².